The molecule has 0 bridgehead atoms. The number of likely N-dealkylation sites (tertiary alicyclic amines) is 1. The highest BCUT2D eigenvalue weighted by Gasteiger charge is 2.28. The van der Waals surface area contributed by atoms with Gasteiger partial charge < -0.3 is 10.3 Å². The number of imidazole rings is 1. The van der Waals surface area contributed by atoms with Gasteiger partial charge in [-0.25, -0.2) is 9.37 Å². The number of nitrogens with one attached hydrogen (secondary N) is 2. The lowest BCUT2D eigenvalue weighted by atomic mass is 10.0. The van der Waals surface area contributed by atoms with Crippen LogP contribution >= 0.6 is 0 Å². The summed E-state index contributed by atoms with van der Waals surface area (Å²) in [6.07, 6.45) is 4.82. The van der Waals surface area contributed by atoms with Crippen molar-refractivity contribution in [2.75, 3.05) is 18.4 Å². The summed E-state index contributed by atoms with van der Waals surface area (Å²) in [5.74, 6) is 0.946. The smallest absolute Gasteiger partial charge is 0.239 e. The van der Waals surface area contributed by atoms with Gasteiger partial charge in [-0.15, -0.1) is 0 Å². The number of rotatable bonds is 4. The van der Waals surface area contributed by atoms with Gasteiger partial charge in [0.25, 0.3) is 0 Å². The third-order valence-corrected chi connectivity index (χ3v) is 4.72. The van der Waals surface area contributed by atoms with Gasteiger partial charge in [0.05, 0.1) is 23.6 Å². The van der Waals surface area contributed by atoms with Crippen LogP contribution in [0.4, 0.5) is 10.2 Å². The van der Waals surface area contributed by atoms with Crippen molar-refractivity contribution in [1.82, 2.24) is 24.6 Å². The summed E-state index contributed by atoms with van der Waals surface area (Å²) in [4.78, 5) is 22.4. The van der Waals surface area contributed by atoms with Crippen LogP contribution in [0.3, 0.4) is 0 Å². The molecule has 1 amide bonds. The Morgan fingerprint density at radius 1 is 1.38 bits per heavy atom. The van der Waals surface area contributed by atoms with Gasteiger partial charge >= 0.3 is 0 Å². The van der Waals surface area contributed by atoms with Gasteiger partial charge in [0.1, 0.15) is 11.6 Å². The van der Waals surface area contributed by atoms with Crippen LogP contribution in [0.1, 0.15) is 31.1 Å². The first-order chi connectivity index (χ1) is 12.6. The lowest BCUT2D eigenvalue weighted by molar-refractivity contribution is -0.118. The van der Waals surface area contributed by atoms with E-state index < -0.39 is 0 Å². The van der Waals surface area contributed by atoms with E-state index >= 15 is 0 Å². The summed E-state index contributed by atoms with van der Waals surface area (Å²) in [7, 11) is 1.81. The number of hydrogen-bond acceptors (Lipinski definition) is 4. The number of carbonyl (C=O) groups is 1. The number of carbonyl (C=O) groups excluding carboxylic acids is 1. The molecule has 136 valence electrons. The molecule has 1 atom stereocenters. The Labute approximate surface area is 150 Å². The number of aryl methyl sites for hydroxylation is 1. The van der Waals surface area contributed by atoms with Crippen LogP contribution in [0.2, 0.25) is 0 Å². The molecule has 0 unspecified atom stereocenters. The number of piperidine rings is 1. The van der Waals surface area contributed by atoms with Crippen molar-refractivity contribution in [3.8, 4) is 0 Å². The molecule has 4 rings (SSSR count). The van der Waals surface area contributed by atoms with Crippen molar-refractivity contribution in [2.24, 2.45) is 7.05 Å². The maximum atomic E-state index is 13.4. The van der Waals surface area contributed by atoms with E-state index in [0.29, 0.717) is 11.3 Å². The van der Waals surface area contributed by atoms with Crippen LogP contribution in [-0.4, -0.2) is 43.6 Å². The molecule has 0 spiro atoms. The van der Waals surface area contributed by atoms with Crippen LogP contribution < -0.4 is 5.32 Å². The summed E-state index contributed by atoms with van der Waals surface area (Å²) < 4.78 is 15.1. The number of fused-ring (bicyclic) bond motifs is 1. The highest BCUT2D eigenvalue weighted by Crippen LogP contribution is 2.30. The molecule has 0 radical (unpaired) electrons. The standard InChI is InChI=1S/C18H21FN6O/c1-24-9-7-16(23-24)22-17(26)11-25-8-3-2-4-15(25)18-20-13-6-5-12(19)10-14(13)21-18/h5-7,9-10,15H,2-4,8,11H2,1H3,(H,20,21)(H,22,23,26)/t15-/m0/s1. The highest BCUT2D eigenvalue weighted by atomic mass is 19.1. The second-order valence-corrected chi connectivity index (χ2v) is 6.69. The quantitative estimate of drug-likeness (QED) is 0.753. The van der Waals surface area contributed by atoms with E-state index in [2.05, 4.69) is 25.3 Å². The number of H-pyrrole nitrogens is 1. The van der Waals surface area contributed by atoms with Crippen LogP contribution in [0.15, 0.2) is 30.5 Å². The van der Waals surface area contributed by atoms with E-state index in [4.69, 9.17) is 0 Å². The fraction of sp³-hybridized carbons (Fsp3) is 0.389. The minimum Gasteiger partial charge on any atom is -0.341 e. The number of nitrogens with zero attached hydrogens (tertiary/aromatic N) is 4. The normalized spacial score (nSPS) is 18.3. The Hall–Kier alpha value is -2.74. The molecule has 1 saturated heterocycles. The molecule has 3 heterocycles. The average molecular weight is 356 g/mol. The molecule has 1 fully saturated rings. The Kier molecular flexibility index (Phi) is 4.42. The topological polar surface area (TPSA) is 78.8 Å². The van der Waals surface area contributed by atoms with E-state index in [0.717, 1.165) is 37.1 Å². The fourth-order valence-electron chi connectivity index (χ4n) is 3.50. The Bertz CT molecular complexity index is 933. The summed E-state index contributed by atoms with van der Waals surface area (Å²) in [5.41, 5.74) is 1.42. The zero-order valence-corrected chi connectivity index (χ0v) is 14.6. The number of amides is 1. The number of hydrogen-bond donors (Lipinski definition) is 2. The molecule has 0 saturated carbocycles. The van der Waals surface area contributed by atoms with E-state index in [1.807, 2.05) is 0 Å². The van der Waals surface area contributed by atoms with Crippen LogP contribution in [0.5, 0.6) is 0 Å². The Morgan fingerprint density at radius 2 is 2.27 bits per heavy atom. The maximum Gasteiger partial charge on any atom is 0.239 e. The predicted molar refractivity (Wildman–Crippen MR) is 96.1 cm³/mol. The Balaban J connectivity index is 1.50. The second-order valence-electron chi connectivity index (χ2n) is 6.69. The van der Waals surface area contributed by atoms with Crippen molar-refractivity contribution < 1.29 is 9.18 Å². The fourth-order valence-corrected chi connectivity index (χ4v) is 3.50. The largest absolute Gasteiger partial charge is 0.341 e. The van der Waals surface area contributed by atoms with Gasteiger partial charge in [-0.3, -0.25) is 14.4 Å². The molecule has 1 aliphatic rings. The van der Waals surface area contributed by atoms with E-state index in [1.165, 1.54) is 12.1 Å². The Morgan fingerprint density at radius 3 is 3.08 bits per heavy atom. The summed E-state index contributed by atoms with van der Waals surface area (Å²) >= 11 is 0. The number of benzene rings is 1. The lowest BCUT2D eigenvalue weighted by Crippen LogP contribution is -2.39. The molecule has 26 heavy (non-hydrogen) atoms. The van der Waals surface area contributed by atoms with Crippen molar-refractivity contribution in [1.29, 1.82) is 0 Å². The maximum absolute atomic E-state index is 13.4. The summed E-state index contributed by atoms with van der Waals surface area (Å²) in [5, 5.41) is 6.99. The highest BCUT2D eigenvalue weighted by molar-refractivity contribution is 5.91. The van der Waals surface area contributed by atoms with Crippen LogP contribution in [0.25, 0.3) is 11.0 Å². The molecule has 7 nitrogen and oxygen atoms in total. The first-order valence-corrected chi connectivity index (χ1v) is 8.77. The summed E-state index contributed by atoms with van der Waals surface area (Å²) in [6.45, 7) is 1.10. The van der Waals surface area contributed by atoms with Gasteiger partial charge in [-0.2, -0.15) is 5.10 Å². The van der Waals surface area contributed by atoms with Crippen molar-refractivity contribution in [3.05, 3.63) is 42.1 Å². The zero-order chi connectivity index (χ0) is 18.1. The summed E-state index contributed by atoms with van der Waals surface area (Å²) in [6, 6.07) is 6.32. The van der Waals surface area contributed by atoms with Crippen molar-refractivity contribution in [2.45, 2.75) is 25.3 Å². The molecule has 1 aliphatic heterocycles. The number of aromatic amines is 1. The van der Waals surface area contributed by atoms with Gasteiger partial charge in [0, 0.05) is 19.3 Å². The van der Waals surface area contributed by atoms with E-state index in [1.54, 1.807) is 30.1 Å². The van der Waals surface area contributed by atoms with Gasteiger partial charge in [0.2, 0.25) is 5.91 Å². The minimum atomic E-state index is -0.289. The second kappa shape index (κ2) is 6.87. The van der Waals surface area contributed by atoms with Crippen LogP contribution in [0, 0.1) is 5.82 Å². The SMILES string of the molecule is Cn1ccc(NC(=O)CN2CCCC[C@H]2c2nc3ccc(F)cc3[nH]2)n1. The number of halogens is 1. The molecule has 1 aromatic carbocycles. The lowest BCUT2D eigenvalue weighted by Gasteiger charge is -2.33. The van der Waals surface area contributed by atoms with Gasteiger partial charge in [-0.05, 0) is 37.6 Å². The minimum absolute atomic E-state index is 0.0219. The molecular formula is C18H21FN6O. The first kappa shape index (κ1) is 16.7. The predicted octanol–water partition coefficient (Wildman–Crippen LogP) is 2.60. The molecule has 3 aromatic rings. The molecular weight excluding hydrogens is 335 g/mol. The van der Waals surface area contributed by atoms with Gasteiger partial charge in [0.15, 0.2) is 5.82 Å². The monoisotopic (exact) mass is 356 g/mol. The molecule has 0 aliphatic carbocycles. The first-order valence-electron chi connectivity index (χ1n) is 8.77. The van der Waals surface area contributed by atoms with Gasteiger partial charge in [-0.1, -0.05) is 6.42 Å². The average Bonchev–Trinajstić information content (AvgIpc) is 3.20. The van der Waals surface area contributed by atoms with Crippen molar-refractivity contribution in [3.63, 3.8) is 0 Å². The third-order valence-electron chi connectivity index (χ3n) is 4.72. The molecule has 2 aromatic heterocycles. The molecule has 2 N–H and O–H groups in total. The van der Waals surface area contributed by atoms with E-state index in [-0.39, 0.29) is 24.3 Å². The van der Waals surface area contributed by atoms with Crippen molar-refractivity contribution >= 4 is 22.8 Å². The number of anilines is 1. The zero-order valence-electron chi connectivity index (χ0n) is 14.6. The third kappa shape index (κ3) is 3.45. The van der Waals surface area contributed by atoms with Crippen LogP contribution in [-0.2, 0) is 11.8 Å². The molecule has 8 heteroatoms. The van der Waals surface area contributed by atoms with E-state index in [9.17, 15) is 9.18 Å². The number of aromatic nitrogens is 4.